The number of hydrogen-bond acceptors (Lipinski definition) is 1. The van der Waals surface area contributed by atoms with Crippen molar-refractivity contribution < 1.29 is 0 Å². The van der Waals surface area contributed by atoms with Gasteiger partial charge in [0.25, 0.3) is 0 Å². The van der Waals surface area contributed by atoms with Gasteiger partial charge in [-0.05, 0) is 119 Å². The van der Waals surface area contributed by atoms with Crippen LogP contribution in [0.1, 0.15) is 45.2 Å². The summed E-state index contributed by atoms with van der Waals surface area (Å²) < 4.78 is 5.26. The molecule has 0 spiro atoms. The van der Waals surface area contributed by atoms with Gasteiger partial charge in [0.1, 0.15) is 0 Å². The number of benzene rings is 11. The van der Waals surface area contributed by atoms with Crippen LogP contribution < -0.4 is 20.7 Å². The summed E-state index contributed by atoms with van der Waals surface area (Å²) in [7, 11) is -3.03. The van der Waals surface area contributed by atoms with Crippen molar-refractivity contribution in [2.45, 2.75) is 11.8 Å². The second-order valence-electron chi connectivity index (χ2n) is 19.4. The van der Waals surface area contributed by atoms with Gasteiger partial charge in [0.15, 0.2) is 8.07 Å². The molecule has 0 saturated heterocycles. The van der Waals surface area contributed by atoms with Crippen LogP contribution in [0.15, 0.2) is 261 Å². The van der Waals surface area contributed by atoms with Crippen LogP contribution in [0.2, 0.25) is 0 Å². The van der Waals surface area contributed by atoms with Gasteiger partial charge in [0.2, 0.25) is 0 Å². The Balaban J connectivity index is 0.980. The number of fused-ring (bicyclic) bond motifs is 6. The van der Waals surface area contributed by atoms with Gasteiger partial charge in [-0.15, -0.1) is 11.3 Å². The molecule has 3 aliphatic carbocycles. The van der Waals surface area contributed by atoms with Crippen molar-refractivity contribution in [3.8, 4) is 27.9 Å². The molecule has 0 aliphatic heterocycles. The second-order valence-corrected chi connectivity index (χ2v) is 24.3. The summed E-state index contributed by atoms with van der Waals surface area (Å²) in [6.07, 6.45) is 0. The van der Waals surface area contributed by atoms with E-state index in [1.165, 1.54) is 124 Å². The Morgan fingerprint density at radius 1 is 0.310 bits per heavy atom. The Morgan fingerprint density at radius 3 is 1.56 bits per heavy atom. The fourth-order valence-corrected chi connectivity index (χ4v) is 19.1. The van der Waals surface area contributed by atoms with Crippen molar-refractivity contribution in [2.24, 2.45) is 0 Å². The second kappa shape index (κ2) is 15.8. The first-order valence-electron chi connectivity index (χ1n) is 24.8. The molecule has 0 N–H and O–H groups in total. The van der Waals surface area contributed by atoms with Crippen molar-refractivity contribution >= 4 is 82.1 Å². The summed E-state index contributed by atoms with van der Waals surface area (Å²) in [6, 6.07) is 99.3. The summed E-state index contributed by atoms with van der Waals surface area (Å²) in [6.45, 7) is 0. The van der Waals surface area contributed by atoms with E-state index in [2.05, 4.69) is 265 Å². The Bertz CT molecular complexity index is 4190. The highest BCUT2D eigenvalue weighted by molar-refractivity contribution is 7.25. The Kier molecular flexibility index (Phi) is 9.05. The van der Waals surface area contributed by atoms with Crippen LogP contribution in [0.3, 0.4) is 0 Å². The molecular formula is C68H45NSSi. The number of hydrogen-bond donors (Lipinski definition) is 0. The van der Waals surface area contributed by atoms with Gasteiger partial charge >= 0.3 is 0 Å². The van der Waals surface area contributed by atoms with E-state index in [1.54, 1.807) is 0 Å². The average molecular weight is 936 g/mol. The van der Waals surface area contributed by atoms with Crippen molar-refractivity contribution in [3.63, 3.8) is 0 Å². The van der Waals surface area contributed by atoms with Gasteiger partial charge in [-0.3, -0.25) is 0 Å². The molecule has 71 heavy (non-hydrogen) atoms. The summed E-state index contributed by atoms with van der Waals surface area (Å²) in [5.41, 5.74) is 17.2. The Morgan fingerprint density at radius 2 is 0.817 bits per heavy atom. The highest BCUT2D eigenvalue weighted by Crippen LogP contribution is 2.57. The molecule has 0 fully saturated rings. The number of rotatable bonds is 7. The van der Waals surface area contributed by atoms with Crippen LogP contribution in [0.4, 0.5) is 0 Å². The highest BCUT2D eigenvalue weighted by Gasteiger charge is 2.50. The summed E-state index contributed by atoms with van der Waals surface area (Å²) in [5.74, 6) is 0.0849. The lowest BCUT2D eigenvalue weighted by atomic mass is 9.60. The fourth-order valence-electron chi connectivity index (χ4n) is 13.0. The van der Waals surface area contributed by atoms with Gasteiger partial charge in [0, 0.05) is 42.8 Å². The standard InChI is InChI=1S/C68H45NSSi/c1-4-18-44(19-5-1)45-34-38-50(39-35-45)71(48-20-6-2-7-21-48,49-22-8-3-9-23-49)64-33-17-29-56-65-53-26-10-11-27-54(53)68(67(56)64)66-55(65)28-16-31-61(66)69-59-30-14-12-24-51(59)57-42-46(36-40-60(57)69)47-37-41-63-58(43-47)52-25-13-15-32-62(52)70-63/h1-43,65,68H. The summed E-state index contributed by atoms with van der Waals surface area (Å²) >= 11 is 1.88. The van der Waals surface area contributed by atoms with E-state index < -0.39 is 8.07 Å². The first kappa shape index (κ1) is 40.5. The molecule has 13 aromatic rings. The maximum atomic E-state index is 2.59. The third-order valence-electron chi connectivity index (χ3n) is 15.9. The van der Waals surface area contributed by atoms with E-state index >= 15 is 0 Å². The highest BCUT2D eigenvalue weighted by atomic mass is 32.1. The maximum Gasteiger partial charge on any atom is 0.179 e. The molecule has 11 aromatic carbocycles. The first-order valence-corrected chi connectivity index (χ1v) is 27.6. The molecule has 0 saturated carbocycles. The molecular weight excluding hydrogens is 891 g/mol. The van der Waals surface area contributed by atoms with E-state index in [0.29, 0.717) is 0 Å². The SMILES string of the molecule is c1ccc(-c2ccc([Si](c3ccccc3)(c3ccccc3)c3cccc4c3C3c5ccccc5C4c4cccc(-n5c6ccccc6c6cc(-c7ccc8sc9ccccc9c8c7)ccc65)c43)cc2)cc1. The van der Waals surface area contributed by atoms with Crippen LogP contribution >= 0.6 is 11.3 Å². The van der Waals surface area contributed by atoms with Crippen LogP contribution in [-0.4, -0.2) is 12.6 Å². The lowest BCUT2D eigenvalue weighted by molar-refractivity contribution is 0.752. The lowest BCUT2D eigenvalue weighted by Gasteiger charge is -2.47. The minimum Gasteiger partial charge on any atom is -0.309 e. The molecule has 0 amide bonds. The predicted octanol–water partition coefficient (Wildman–Crippen LogP) is 14.9. The van der Waals surface area contributed by atoms with Crippen molar-refractivity contribution in [2.75, 3.05) is 0 Å². The number of para-hydroxylation sites is 1. The number of thiophene rings is 1. The van der Waals surface area contributed by atoms with Gasteiger partial charge < -0.3 is 4.57 Å². The Hall–Kier alpha value is -8.34. The quantitative estimate of drug-likeness (QED) is 0.111. The predicted molar refractivity (Wildman–Crippen MR) is 303 cm³/mol. The zero-order valence-electron chi connectivity index (χ0n) is 38.8. The van der Waals surface area contributed by atoms with E-state index in [4.69, 9.17) is 0 Å². The monoisotopic (exact) mass is 935 g/mol. The molecule has 0 radical (unpaired) electrons. The minimum atomic E-state index is -3.03. The molecule has 2 unspecified atom stereocenters. The van der Waals surface area contributed by atoms with E-state index in [9.17, 15) is 0 Å². The first-order chi connectivity index (χ1) is 35.2. The van der Waals surface area contributed by atoms with Crippen molar-refractivity contribution in [1.29, 1.82) is 0 Å². The van der Waals surface area contributed by atoms with Crippen LogP contribution in [-0.2, 0) is 0 Å². The third kappa shape index (κ3) is 5.91. The molecule has 16 rings (SSSR count). The van der Waals surface area contributed by atoms with Crippen LogP contribution in [0.25, 0.3) is 69.9 Å². The third-order valence-corrected chi connectivity index (χ3v) is 21.9. The molecule has 2 atom stereocenters. The van der Waals surface area contributed by atoms with Gasteiger partial charge in [0.05, 0.1) is 16.7 Å². The molecule has 1 nitrogen and oxygen atoms in total. The number of nitrogens with zero attached hydrogens (tertiary/aromatic N) is 1. The van der Waals surface area contributed by atoms with Gasteiger partial charge in [-0.2, -0.15) is 0 Å². The van der Waals surface area contributed by atoms with Crippen LogP contribution in [0.5, 0.6) is 0 Å². The van der Waals surface area contributed by atoms with Crippen molar-refractivity contribution in [1.82, 2.24) is 4.57 Å². The maximum absolute atomic E-state index is 3.03. The Labute approximate surface area is 418 Å². The number of aromatic nitrogens is 1. The van der Waals surface area contributed by atoms with Gasteiger partial charge in [-0.25, -0.2) is 0 Å². The van der Waals surface area contributed by atoms with E-state index in [1.807, 2.05) is 11.3 Å². The van der Waals surface area contributed by atoms with Gasteiger partial charge in [-0.1, -0.05) is 218 Å². The normalized spacial score (nSPS) is 14.8. The largest absolute Gasteiger partial charge is 0.309 e. The molecule has 2 aromatic heterocycles. The summed E-state index contributed by atoms with van der Waals surface area (Å²) in [4.78, 5) is 0. The minimum absolute atomic E-state index is 0.000798. The smallest absolute Gasteiger partial charge is 0.179 e. The topological polar surface area (TPSA) is 4.93 Å². The molecule has 2 bridgehead atoms. The molecule has 2 heterocycles. The lowest BCUT2D eigenvalue weighted by Crippen LogP contribution is -2.75. The average Bonchev–Trinajstić information content (AvgIpc) is 3.99. The van der Waals surface area contributed by atoms with Crippen LogP contribution in [0, 0.1) is 0 Å². The zero-order valence-corrected chi connectivity index (χ0v) is 40.7. The zero-order chi connectivity index (χ0) is 46.6. The fraction of sp³-hybridized carbons (Fsp3) is 0.0294. The van der Waals surface area contributed by atoms with Crippen molar-refractivity contribution in [3.05, 3.63) is 294 Å². The molecule has 3 heteroatoms. The summed E-state index contributed by atoms with van der Waals surface area (Å²) in [5, 5.41) is 10.8. The molecule has 332 valence electrons. The van der Waals surface area contributed by atoms with E-state index in [-0.39, 0.29) is 11.8 Å². The molecule has 3 aliphatic rings. The van der Waals surface area contributed by atoms with E-state index in [0.717, 1.165) is 0 Å².